The van der Waals surface area contributed by atoms with Crippen LogP contribution >= 0.6 is 0 Å². The van der Waals surface area contributed by atoms with Gasteiger partial charge in [-0.05, 0) is 24.3 Å². The van der Waals surface area contributed by atoms with Gasteiger partial charge >= 0.3 is 0 Å². The van der Waals surface area contributed by atoms with Crippen molar-refractivity contribution < 1.29 is 14.2 Å². The maximum atomic E-state index is 5.27. The molecule has 0 aliphatic rings. The van der Waals surface area contributed by atoms with Crippen LogP contribution in [-0.2, 0) is 0 Å². The first-order valence-electron chi connectivity index (χ1n) is 5.51. The first kappa shape index (κ1) is 12.2. The van der Waals surface area contributed by atoms with Gasteiger partial charge in [0.05, 0.1) is 27.0 Å². The van der Waals surface area contributed by atoms with E-state index in [1.807, 2.05) is 30.3 Å². The third kappa shape index (κ3) is 2.37. The second-order valence-corrected chi connectivity index (χ2v) is 3.65. The summed E-state index contributed by atoms with van der Waals surface area (Å²) in [7, 11) is 4.86. The summed E-state index contributed by atoms with van der Waals surface area (Å²) in [5.74, 6) is 2.15. The molecule has 0 saturated heterocycles. The average molecular weight is 245 g/mol. The first-order chi connectivity index (χ1) is 8.78. The highest BCUT2D eigenvalue weighted by Gasteiger charge is 2.07. The van der Waals surface area contributed by atoms with Crippen LogP contribution in [0.4, 0.5) is 0 Å². The maximum Gasteiger partial charge on any atom is 0.161 e. The standard InChI is InChI=1S/C14H15NO3/c1-16-11-6-7-15-12(9-11)10-4-5-13(17-2)14(8-10)18-3/h4-9H,1-3H3. The molecule has 0 aliphatic heterocycles. The zero-order valence-corrected chi connectivity index (χ0v) is 10.6. The van der Waals surface area contributed by atoms with Gasteiger partial charge in [-0.3, -0.25) is 4.98 Å². The fourth-order valence-corrected chi connectivity index (χ4v) is 1.69. The Kier molecular flexibility index (Phi) is 3.67. The van der Waals surface area contributed by atoms with Gasteiger partial charge in [0.15, 0.2) is 11.5 Å². The lowest BCUT2D eigenvalue weighted by Crippen LogP contribution is -1.92. The van der Waals surface area contributed by atoms with Crippen LogP contribution in [-0.4, -0.2) is 26.3 Å². The Bertz CT molecular complexity index is 540. The fourth-order valence-electron chi connectivity index (χ4n) is 1.69. The van der Waals surface area contributed by atoms with E-state index in [2.05, 4.69) is 4.98 Å². The molecule has 0 amide bonds. The van der Waals surface area contributed by atoms with Crippen molar-refractivity contribution in [1.29, 1.82) is 0 Å². The Balaban J connectivity index is 2.43. The Labute approximate surface area is 106 Å². The fraction of sp³-hybridized carbons (Fsp3) is 0.214. The molecule has 1 heterocycles. The second-order valence-electron chi connectivity index (χ2n) is 3.65. The summed E-state index contributed by atoms with van der Waals surface area (Å²) in [6, 6.07) is 9.37. The first-order valence-corrected chi connectivity index (χ1v) is 5.51. The van der Waals surface area contributed by atoms with E-state index >= 15 is 0 Å². The van der Waals surface area contributed by atoms with Crippen molar-refractivity contribution in [2.45, 2.75) is 0 Å². The Morgan fingerprint density at radius 1 is 0.833 bits per heavy atom. The molecule has 4 nitrogen and oxygen atoms in total. The van der Waals surface area contributed by atoms with E-state index in [0.29, 0.717) is 11.5 Å². The van der Waals surface area contributed by atoms with Gasteiger partial charge in [-0.25, -0.2) is 0 Å². The largest absolute Gasteiger partial charge is 0.497 e. The average Bonchev–Trinajstić information content (AvgIpc) is 2.46. The maximum absolute atomic E-state index is 5.27. The van der Waals surface area contributed by atoms with Crippen LogP contribution in [0.2, 0.25) is 0 Å². The van der Waals surface area contributed by atoms with Gasteiger partial charge in [-0.2, -0.15) is 0 Å². The summed E-state index contributed by atoms with van der Waals surface area (Å²) in [5.41, 5.74) is 1.78. The summed E-state index contributed by atoms with van der Waals surface area (Å²) in [6.07, 6.45) is 1.71. The lowest BCUT2D eigenvalue weighted by Gasteiger charge is -2.09. The lowest BCUT2D eigenvalue weighted by atomic mass is 10.1. The van der Waals surface area contributed by atoms with Crippen LogP contribution in [0.15, 0.2) is 36.5 Å². The van der Waals surface area contributed by atoms with Gasteiger partial charge in [0, 0.05) is 17.8 Å². The molecule has 0 N–H and O–H groups in total. The normalized spacial score (nSPS) is 9.94. The van der Waals surface area contributed by atoms with Crippen molar-refractivity contribution in [3.63, 3.8) is 0 Å². The minimum absolute atomic E-state index is 0.680. The molecular weight excluding hydrogens is 230 g/mol. The number of benzene rings is 1. The van der Waals surface area contributed by atoms with Gasteiger partial charge in [0.2, 0.25) is 0 Å². The molecule has 2 aromatic rings. The summed E-state index contributed by atoms with van der Waals surface area (Å²) >= 11 is 0. The van der Waals surface area contributed by atoms with Crippen molar-refractivity contribution >= 4 is 0 Å². The van der Waals surface area contributed by atoms with E-state index in [0.717, 1.165) is 17.0 Å². The second kappa shape index (κ2) is 5.40. The molecule has 1 aromatic heterocycles. The van der Waals surface area contributed by atoms with Crippen LogP contribution in [0.1, 0.15) is 0 Å². The van der Waals surface area contributed by atoms with Crippen molar-refractivity contribution in [3.8, 4) is 28.5 Å². The molecule has 0 radical (unpaired) electrons. The molecule has 0 spiro atoms. The van der Waals surface area contributed by atoms with Gasteiger partial charge in [0.1, 0.15) is 5.75 Å². The van der Waals surface area contributed by atoms with E-state index in [1.165, 1.54) is 0 Å². The van der Waals surface area contributed by atoms with Crippen molar-refractivity contribution in [1.82, 2.24) is 4.98 Å². The van der Waals surface area contributed by atoms with Crippen molar-refractivity contribution in [2.75, 3.05) is 21.3 Å². The number of methoxy groups -OCH3 is 3. The van der Waals surface area contributed by atoms with Gasteiger partial charge < -0.3 is 14.2 Å². The predicted octanol–water partition coefficient (Wildman–Crippen LogP) is 2.77. The Morgan fingerprint density at radius 3 is 2.28 bits per heavy atom. The zero-order valence-electron chi connectivity index (χ0n) is 10.6. The molecule has 0 aliphatic carbocycles. The van der Waals surface area contributed by atoms with Gasteiger partial charge in [-0.1, -0.05) is 0 Å². The third-order valence-corrected chi connectivity index (χ3v) is 2.65. The molecule has 18 heavy (non-hydrogen) atoms. The quantitative estimate of drug-likeness (QED) is 0.830. The molecule has 0 saturated carbocycles. The Hall–Kier alpha value is -2.23. The number of hydrogen-bond acceptors (Lipinski definition) is 4. The number of ether oxygens (including phenoxy) is 3. The summed E-state index contributed by atoms with van der Waals surface area (Å²) in [5, 5.41) is 0. The molecule has 1 aromatic carbocycles. The van der Waals surface area contributed by atoms with E-state index < -0.39 is 0 Å². The highest BCUT2D eigenvalue weighted by molar-refractivity contribution is 5.65. The molecule has 0 unspecified atom stereocenters. The summed E-state index contributed by atoms with van der Waals surface area (Å²) in [4.78, 5) is 4.31. The van der Waals surface area contributed by atoms with Gasteiger partial charge in [0.25, 0.3) is 0 Å². The lowest BCUT2D eigenvalue weighted by molar-refractivity contribution is 0.355. The Morgan fingerprint density at radius 2 is 1.61 bits per heavy atom. The number of aromatic nitrogens is 1. The number of hydrogen-bond donors (Lipinski definition) is 0. The molecule has 0 atom stereocenters. The minimum atomic E-state index is 0.680. The van der Waals surface area contributed by atoms with E-state index in [-0.39, 0.29) is 0 Å². The molecule has 0 bridgehead atoms. The topological polar surface area (TPSA) is 40.6 Å². The van der Waals surface area contributed by atoms with Crippen LogP contribution in [0.5, 0.6) is 17.2 Å². The van der Waals surface area contributed by atoms with Crippen LogP contribution in [0.25, 0.3) is 11.3 Å². The highest BCUT2D eigenvalue weighted by atomic mass is 16.5. The molecular formula is C14H15NO3. The highest BCUT2D eigenvalue weighted by Crippen LogP contribution is 2.32. The number of pyridine rings is 1. The van der Waals surface area contributed by atoms with E-state index in [9.17, 15) is 0 Å². The molecule has 94 valence electrons. The van der Waals surface area contributed by atoms with Crippen LogP contribution < -0.4 is 14.2 Å². The molecule has 2 rings (SSSR count). The SMILES string of the molecule is COc1ccnc(-c2ccc(OC)c(OC)c2)c1. The van der Waals surface area contributed by atoms with E-state index in [4.69, 9.17) is 14.2 Å². The summed E-state index contributed by atoms with van der Waals surface area (Å²) < 4.78 is 15.7. The monoisotopic (exact) mass is 245 g/mol. The summed E-state index contributed by atoms with van der Waals surface area (Å²) in [6.45, 7) is 0. The predicted molar refractivity (Wildman–Crippen MR) is 69.3 cm³/mol. The smallest absolute Gasteiger partial charge is 0.161 e. The van der Waals surface area contributed by atoms with Crippen LogP contribution in [0.3, 0.4) is 0 Å². The third-order valence-electron chi connectivity index (χ3n) is 2.65. The van der Waals surface area contributed by atoms with Crippen molar-refractivity contribution in [3.05, 3.63) is 36.5 Å². The number of rotatable bonds is 4. The van der Waals surface area contributed by atoms with Crippen LogP contribution in [0, 0.1) is 0 Å². The van der Waals surface area contributed by atoms with Gasteiger partial charge in [-0.15, -0.1) is 0 Å². The molecule has 0 fully saturated rings. The molecule has 4 heteroatoms. The zero-order chi connectivity index (χ0) is 13.0. The minimum Gasteiger partial charge on any atom is -0.497 e. The van der Waals surface area contributed by atoms with Crippen molar-refractivity contribution in [2.24, 2.45) is 0 Å². The number of nitrogens with zero attached hydrogens (tertiary/aromatic N) is 1. The van der Waals surface area contributed by atoms with E-state index in [1.54, 1.807) is 27.5 Å².